The lowest BCUT2D eigenvalue weighted by atomic mass is 9.88. The molecule has 1 heterocycles. The summed E-state index contributed by atoms with van der Waals surface area (Å²) in [6, 6.07) is 21.1. The summed E-state index contributed by atoms with van der Waals surface area (Å²) in [7, 11) is 0. The van der Waals surface area contributed by atoms with Crippen LogP contribution in [0.5, 0.6) is 0 Å². The van der Waals surface area contributed by atoms with Crippen molar-refractivity contribution in [1.82, 2.24) is 10.2 Å². The standard InChI is InChI=1S/C24H26N2/c1-2-4-22(26-15-13-25-14-16-26)20-11-9-19-8-7-17-5-3-6-18-10-12-21(20)24(19)23(17)18/h3,5-12,22,25H,2,4,13-16H2,1H3/t22-/m1/s1. The van der Waals surface area contributed by atoms with Crippen LogP contribution >= 0.6 is 0 Å². The molecule has 132 valence electrons. The van der Waals surface area contributed by atoms with E-state index in [9.17, 15) is 0 Å². The molecule has 0 saturated carbocycles. The van der Waals surface area contributed by atoms with E-state index in [1.807, 2.05) is 0 Å². The smallest absolute Gasteiger partial charge is 0.0355 e. The maximum Gasteiger partial charge on any atom is 0.0355 e. The number of nitrogens with zero attached hydrogens (tertiary/aromatic N) is 1. The maximum atomic E-state index is 3.50. The molecular formula is C24H26N2. The summed E-state index contributed by atoms with van der Waals surface area (Å²) in [6.07, 6.45) is 2.44. The van der Waals surface area contributed by atoms with Gasteiger partial charge in [-0.2, -0.15) is 0 Å². The number of hydrogen-bond donors (Lipinski definition) is 1. The lowest BCUT2D eigenvalue weighted by molar-refractivity contribution is 0.165. The molecule has 1 aliphatic heterocycles. The fraction of sp³-hybridized carbons (Fsp3) is 0.333. The zero-order chi connectivity index (χ0) is 17.5. The van der Waals surface area contributed by atoms with Crippen molar-refractivity contribution in [3.63, 3.8) is 0 Å². The Morgan fingerprint density at radius 2 is 1.50 bits per heavy atom. The van der Waals surface area contributed by atoms with E-state index in [4.69, 9.17) is 0 Å². The Kier molecular flexibility index (Phi) is 4.03. The Morgan fingerprint density at radius 1 is 0.846 bits per heavy atom. The van der Waals surface area contributed by atoms with E-state index in [1.165, 1.54) is 50.7 Å². The molecule has 2 nitrogen and oxygen atoms in total. The molecule has 0 bridgehead atoms. The predicted molar refractivity (Wildman–Crippen MR) is 112 cm³/mol. The van der Waals surface area contributed by atoms with Crippen LogP contribution in [0.3, 0.4) is 0 Å². The molecule has 4 aromatic carbocycles. The summed E-state index contributed by atoms with van der Waals surface area (Å²) in [5.41, 5.74) is 1.51. The molecule has 0 unspecified atom stereocenters. The van der Waals surface area contributed by atoms with Crippen molar-refractivity contribution in [2.75, 3.05) is 26.2 Å². The molecule has 2 heteroatoms. The highest BCUT2D eigenvalue weighted by Gasteiger charge is 2.24. The highest BCUT2D eigenvalue weighted by Crippen LogP contribution is 2.39. The largest absolute Gasteiger partial charge is 0.314 e. The van der Waals surface area contributed by atoms with Crippen molar-refractivity contribution in [3.8, 4) is 0 Å². The summed E-state index contributed by atoms with van der Waals surface area (Å²) in [4.78, 5) is 2.69. The zero-order valence-corrected chi connectivity index (χ0v) is 15.5. The predicted octanol–water partition coefficient (Wildman–Crippen LogP) is 5.33. The minimum absolute atomic E-state index is 0.520. The Balaban J connectivity index is 1.76. The molecule has 5 rings (SSSR count). The molecule has 0 aromatic heterocycles. The van der Waals surface area contributed by atoms with Crippen molar-refractivity contribution in [2.24, 2.45) is 0 Å². The molecule has 0 spiro atoms. The Morgan fingerprint density at radius 3 is 2.23 bits per heavy atom. The average Bonchev–Trinajstić information content (AvgIpc) is 2.71. The number of rotatable bonds is 4. The fourth-order valence-electron chi connectivity index (χ4n) is 4.85. The normalized spacial score (nSPS) is 17.4. The van der Waals surface area contributed by atoms with Crippen molar-refractivity contribution in [2.45, 2.75) is 25.8 Å². The van der Waals surface area contributed by atoms with E-state index < -0.39 is 0 Å². The minimum Gasteiger partial charge on any atom is -0.314 e. The third-order valence-corrected chi connectivity index (χ3v) is 6.08. The van der Waals surface area contributed by atoms with Gasteiger partial charge in [0.25, 0.3) is 0 Å². The Bertz CT molecular complexity index is 1030. The van der Waals surface area contributed by atoms with E-state index in [2.05, 4.69) is 71.7 Å². The van der Waals surface area contributed by atoms with E-state index in [0.717, 1.165) is 26.2 Å². The molecule has 1 atom stereocenters. The summed E-state index contributed by atoms with van der Waals surface area (Å²) in [6.45, 7) is 6.81. The number of benzene rings is 4. The molecule has 4 aromatic rings. The first kappa shape index (κ1) is 16.0. The lowest BCUT2D eigenvalue weighted by Gasteiger charge is -2.36. The van der Waals surface area contributed by atoms with Crippen LogP contribution in [0.15, 0.2) is 54.6 Å². The van der Waals surface area contributed by atoms with E-state index in [1.54, 1.807) is 0 Å². The fourth-order valence-corrected chi connectivity index (χ4v) is 4.85. The van der Waals surface area contributed by atoms with Crippen LogP contribution in [-0.2, 0) is 0 Å². The van der Waals surface area contributed by atoms with Gasteiger partial charge in [0, 0.05) is 32.2 Å². The Hall–Kier alpha value is -2.16. The van der Waals surface area contributed by atoms with Crippen LogP contribution < -0.4 is 5.32 Å². The van der Waals surface area contributed by atoms with Gasteiger partial charge in [0.15, 0.2) is 0 Å². The van der Waals surface area contributed by atoms with E-state index in [-0.39, 0.29) is 0 Å². The third kappa shape index (κ3) is 2.48. The van der Waals surface area contributed by atoms with Gasteiger partial charge in [0.1, 0.15) is 0 Å². The SMILES string of the molecule is CCC[C@H](c1ccc2ccc3cccc4ccc1c2c34)N1CCNCC1. The van der Waals surface area contributed by atoms with Crippen molar-refractivity contribution in [3.05, 3.63) is 60.2 Å². The molecule has 1 fully saturated rings. The van der Waals surface area contributed by atoms with Crippen molar-refractivity contribution < 1.29 is 0 Å². The number of piperazine rings is 1. The first-order chi connectivity index (χ1) is 12.9. The van der Waals surface area contributed by atoms with Gasteiger partial charge in [-0.25, -0.2) is 0 Å². The second kappa shape index (κ2) is 6.53. The van der Waals surface area contributed by atoms with Crippen molar-refractivity contribution in [1.29, 1.82) is 0 Å². The van der Waals surface area contributed by atoms with E-state index in [0.29, 0.717) is 6.04 Å². The van der Waals surface area contributed by atoms with Crippen LogP contribution in [0.2, 0.25) is 0 Å². The highest BCUT2D eigenvalue weighted by molar-refractivity contribution is 6.23. The van der Waals surface area contributed by atoms with Crippen LogP contribution in [0.4, 0.5) is 0 Å². The molecular weight excluding hydrogens is 316 g/mol. The summed E-state index contributed by atoms with van der Waals surface area (Å²) >= 11 is 0. The third-order valence-electron chi connectivity index (χ3n) is 6.08. The quantitative estimate of drug-likeness (QED) is 0.504. The first-order valence-corrected chi connectivity index (χ1v) is 9.98. The highest BCUT2D eigenvalue weighted by atomic mass is 15.2. The van der Waals surface area contributed by atoms with Gasteiger partial charge in [0.05, 0.1) is 0 Å². The summed E-state index contributed by atoms with van der Waals surface area (Å²) < 4.78 is 0. The Labute approximate surface area is 155 Å². The monoisotopic (exact) mass is 342 g/mol. The summed E-state index contributed by atoms with van der Waals surface area (Å²) in [5, 5.41) is 11.9. The molecule has 0 aliphatic carbocycles. The second-order valence-corrected chi connectivity index (χ2v) is 7.60. The second-order valence-electron chi connectivity index (χ2n) is 7.60. The maximum absolute atomic E-state index is 3.50. The van der Waals surface area contributed by atoms with Crippen molar-refractivity contribution >= 4 is 32.3 Å². The molecule has 1 aliphatic rings. The molecule has 1 N–H and O–H groups in total. The molecule has 0 radical (unpaired) electrons. The van der Waals surface area contributed by atoms with Crippen LogP contribution in [-0.4, -0.2) is 31.1 Å². The molecule has 1 saturated heterocycles. The number of hydrogen-bond acceptors (Lipinski definition) is 2. The van der Waals surface area contributed by atoms with Gasteiger partial charge in [-0.05, 0) is 44.3 Å². The van der Waals surface area contributed by atoms with Crippen LogP contribution in [0, 0.1) is 0 Å². The van der Waals surface area contributed by atoms with Crippen LogP contribution in [0.1, 0.15) is 31.4 Å². The first-order valence-electron chi connectivity index (χ1n) is 9.98. The molecule has 0 amide bonds. The lowest BCUT2D eigenvalue weighted by Crippen LogP contribution is -2.45. The number of nitrogens with one attached hydrogen (secondary N) is 1. The molecule has 26 heavy (non-hydrogen) atoms. The van der Waals surface area contributed by atoms with Gasteiger partial charge >= 0.3 is 0 Å². The minimum atomic E-state index is 0.520. The van der Waals surface area contributed by atoms with Crippen LogP contribution in [0.25, 0.3) is 32.3 Å². The van der Waals surface area contributed by atoms with Gasteiger partial charge in [-0.15, -0.1) is 0 Å². The zero-order valence-electron chi connectivity index (χ0n) is 15.5. The van der Waals surface area contributed by atoms with Gasteiger partial charge in [-0.3, -0.25) is 4.90 Å². The van der Waals surface area contributed by atoms with Gasteiger partial charge < -0.3 is 5.32 Å². The van der Waals surface area contributed by atoms with Gasteiger partial charge in [0.2, 0.25) is 0 Å². The van der Waals surface area contributed by atoms with E-state index >= 15 is 0 Å². The topological polar surface area (TPSA) is 15.3 Å². The van der Waals surface area contributed by atoms with Gasteiger partial charge in [-0.1, -0.05) is 67.9 Å². The average molecular weight is 342 g/mol. The summed E-state index contributed by atoms with van der Waals surface area (Å²) in [5.74, 6) is 0.